The first-order valence-electron chi connectivity index (χ1n) is 6.26. The second-order valence-corrected chi connectivity index (χ2v) is 4.99. The molecule has 0 atom stereocenters. The van der Waals surface area contributed by atoms with Crippen molar-refractivity contribution in [3.63, 3.8) is 0 Å². The van der Waals surface area contributed by atoms with Gasteiger partial charge in [-0.1, -0.05) is 6.92 Å². The Morgan fingerprint density at radius 1 is 1.41 bits per heavy atom. The van der Waals surface area contributed by atoms with Crippen LogP contribution in [0.25, 0.3) is 0 Å². The van der Waals surface area contributed by atoms with Gasteiger partial charge in [-0.05, 0) is 25.7 Å². The summed E-state index contributed by atoms with van der Waals surface area (Å²) in [7, 11) is 1.65. The van der Waals surface area contributed by atoms with Gasteiger partial charge in [0.25, 0.3) is 0 Å². The highest BCUT2D eigenvalue weighted by Crippen LogP contribution is 2.32. The quantitative estimate of drug-likeness (QED) is 0.699. The maximum atomic E-state index is 11.8. The Hall–Kier alpha value is -1.10. The van der Waals surface area contributed by atoms with Crippen LogP contribution in [0, 0.1) is 0 Å². The van der Waals surface area contributed by atoms with Gasteiger partial charge in [0.1, 0.15) is 0 Å². The lowest BCUT2D eigenvalue weighted by Crippen LogP contribution is -2.51. The van der Waals surface area contributed by atoms with Gasteiger partial charge in [0, 0.05) is 25.6 Å². The zero-order valence-corrected chi connectivity index (χ0v) is 10.8. The Labute approximate surface area is 103 Å². The fourth-order valence-electron chi connectivity index (χ4n) is 1.87. The lowest BCUT2D eigenvalue weighted by atomic mass is 9.75. The van der Waals surface area contributed by atoms with Crippen molar-refractivity contribution in [3.8, 4) is 0 Å². The van der Waals surface area contributed by atoms with E-state index in [-0.39, 0.29) is 23.9 Å². The van der Waals surface area contributed by atoms with E-state index in [1.54, 1.807) is 7.05 Å². The molecule has 0 aromatic carbocycles. The maximum Gasteiger partial charge on any atom is 0.239 e. The lowest BCUT2D eigenvalue weighted by Gasteiger charge is -2.38. The van der Waals surface area contributed by atoms with Crippen molar-refractivity contribution in [2.45, 2.75) is 44.6 Å². The van der Waals surface area contributed by atoms with Gasteiger partial charge in [0.05, 0.1) is 6.54 Å². The van der Waals surface area contributed by atoms with Crippen molar-refractivity contribution in [2.75, 3.05) is 20.1 Å². The largest absolute Gasteiger partial charge is 0.355 e. The third-order valence-electron chi connectivity index (χ3n) is 3.23. The molecule has 1 aliphatic rings. The first-order chi connectivity index (χ1) is 7.97. The van der Waals surface area contributed by atoms with E-state index in [9.17, 15) is 9.59 Å². The molecule has 0 saturated heterocycles. The summed E-state index contributed by atoms with van der Waals surface area (Å²) in [6.07, 6.45) is 4.17. The van der Waals surface area contributed by atoms with E-state index in [4.69, 9.17) is 5.73 Å². The van der Waals surface area contributed by atoms with E-state index in [1.165, 1.54) is 4.90 Å². The van der Waals surface area contributed by atoms with Gasteiger partial charge in [0.15, 0.2) is 0 Å². The highest BCUT2D eigenvalue weighted by Gasteiger charge is 2.35. The molecule has 0 spiro atoms. The fourth-order valence-corrected chi connectivity index (χ4v) is 1.87. The third kappa shape index (κ3) is 4.34. The topological polar surface area (TPSA) is 75.4 Å². The van der Waals surface area contributed by atoms with Gasteiger partial charge >= 0.3 is 0 Å². The van der Waals surface area contributed by atoms with Crippen molar-refractivity contribution in [1.29, 1.82) is 0 Å². The highest BCUT2D eigenvalue weighted by atomic mass is 16.2. The van der Waals surface area contributed by atoms with Gasteiger partial charge in [-0.15, -0.1) is 0 Å². The number of carbonyl (C=O) groups is 2. The molecule has 0 aromatic heterocycles. The summed E-state index contributed by atoms with van der Waals surface area (Å²) < 4.78 is 0. The number of likely N-dealkylation sites (N-methyl/N-ethyl adjacent to an activating group) is 1. The van der Waals surface area contributed by atoms with E-state index < -0.39 is 0 Å². The fraction of sp³-hybridized carbons (Fsp3) is 0.833. The third-order valence-corrected chi connectivity index (χ3v) is 3.23. The van der Waals surface area contributed by atoms with Gasteiger partial charge in [-0.2, -0.15) is 0 Å². The van der Waals surface area contributed by atoms with Crippen LogP contribution in [0.15, 0.2) is 0 Å². The molecule has 0 heterocycles. The van der Waals surface area contributed by atoms with Crippen LogP contribution in [0.5, 0.6) is 0 Å². The summed E-state index contributed by atoms with van der Waals surface area (Å²) in [5, 5.41) is 2.74. The van der Waals surface area contributed by atoms with Crippen LogP contribution in [-0.2, 0) is 9.59 Å². The van der Waals surface area contributed by atoms with Crippen LogP contribution in [0.1, 0.15) is 39.0 Å². The Kier molecular flexibility index (Phi) is 4.93. The number of carbonyl (C=O) groups excluding carboxylic acids is 2. The van der Waals surface area contributed by atoms with E-state index in [0.717, 1.165) is 25.7 Å². The van der Waals surface area contributed by atoms with E-state index >= 15 is 0 Å². The average molecular weight is 241 g/mol. The number of hydrogen-bond acceptors (Lipinski definition) is 3. The molecule has 0 radical (unpaired) electrons. The summed E-state index contributed by atoms with van der Waals surface area (Å²) >= 11 is 0. The first-order valence-corrected chi connectivity index (χ1v) is 6.26. The maximum absolute atomic E-state index is 11.8. The molecule has 2 amide bonds. The van der Waals surface area contributed by atoms with Crippen molar-refractivity contribution in [1.82, 2.24) is 10.2 Å². The zero-order valence-electron chi connectivity index (χ0n) is 10.8. The van der Waals surface area contributed by atoms with Gasteiger partial charge in [-0.3, -0.25) is 9.59 Å². The van der Waals surface area contributed by atoms with Gasteiger partial charge in [-0.25, -0.2) is 0 Å². The summed E-state index contributed by atoms with van der Waals surface area (Å²) in [5.74, 6) is -0.152. The molecule has 1 rings (SSSR count). The van der Waals surface area contributed by atoms with Crippen LogP contribution in [0.4, 0.5) is 0 Å². The second-order valence-electron chi connectivity index (χ2n) is 4.99. The lowest BCUT2D eigenvalue weighted by molar-refractivity contribution is -0.136. The standard InChI is InChI=1S/C12H23N3O2/c1-3-7-14-10(16)9-15(2)11(17)8-12(13)5-4-6-12/h3-9,13H2,1-2H3,(H,14,16). The normalized spacial score (nSPS) is 17.1. The molecular formula is C12H23N3O2. The van der Waals surface area contributed by atoms with Gasteiger partial charge < -0.3 is 16.0 Å². The number of nitrogens with two attached hydrogens (primary N) is 1. The van der Waals surface area contributed by atoms with E-state index in [2.05, 4.69) is 5.32 Å². The molecule has 0 unspecified atom stereocenters. The van der Waals surface area contributed by atoms with Crippen LogP contribution in [0.3, 0.4) is 0 Å². The smallest absolute Gasteiger partial charge is 0.239 e. The summed E-state index contributed by atoms with van der Waals surface area (Å²) in [6.45, 7) is 2.76. The van der Waals surface area contributed by atoms with Crippen molar-refractivity contribution < 1.29 is 9.59 Å². The van der Waals surface area contributed by atoms with Crippen molar-refractivity contribution in [3.05, 3.63) is 0 Å². The predicted molar refractivity (Wildman–Crippen MR) is 66.3 cm³/mol. The first kappa shape index (κ1) is 14.0. The summed E-state index contributed by atoms with van der Waals surface area (Å²) in [4.78, 5) is 24.7. The molecule has 0 aliphatic heterocycles. The summed E-state index contributed by atoms with van der Waals surface area (Å²) in [6, 6.07) is 0. The van der Waals surface area contributed by atoms with Crippen LogP contribution < -0.4 is 11.1 Å². The molecule has 0 bridgehead atoms. The van der Waals surface area contributed by atoms with E-state index in [0.29, 0.717) is 13.0 Å². The molecule has 1 saturated carbocycles. The minimum absolute atomic E-state index is 0.0427. The molecule has 5 nitrogen and oxygen atoms in total. The van der Waals surface area contributed by atoms with Crippen molar-refractivity contribution in [2.24, 2.45) is 5.73 Å². The number of hydrogen-bond donors (Lipinski definition) is 2. The van der Waals surface area contributed by atoms with Gasteiger partial charge in [0.2, 0.25) is 11.8 Å². The Morgan fingerprint density at radius 3 is 2.53 bits per heavy atom. The molecule has 3 N–H and O–H groups in total. The van der Waals surface area contributed by atoms with Crippen LogP contribution in [-0.4, -0.2) is 42.4 Å². The molecule has 98 valence electrons. The van der Waals surface area contributed by atoms with Crippen molar-refractivity contribution >= 4 is 11.8 Å². The molecule has 5 heteroatoms. The number of rotatable bonds is 6. The molecule has 1 fully saturated rings. The molecule has 0 aromatic rings. The predicted octanol–water partition coefficient (Wildman–Crippen LogP) is 0.243. The Morgan fingerprint density at radius 2 is 2.06 bits per heavy atom. The zero-order chi connectivity index (χ0) is 12.9. The molecule has 17 heavy (non-hydrogen) atoms. The SMILES string of the molecule is CCCNC(=O)CN(C)C(=O)CC1(N)CCC1. The van der Waals surface area contributed by atoms with E-state index in [1.807, 2.05) is 6.92 Å². The summed E-state index contributed by atoms with van der Waals surface area (Å²) in [5.41, 5.74) is 5.69. The number of nitrogens with zero attached hydrogens (tertiary/aromatic N) is 1. The number of nitrogens with one attached hydrogen (secondary N) is 1. The average Bonchev–Trinajstić information content (AvgIpc) is 2.23. The molecular weight excluding hydrogens is 218 g/mol. The van der Waals surface area contributed by atoms with Crippen LogP contribution >= 0.6 is 0 Å². The second kappa shape index (κ2) is 6.00. The number of amides is 2. The Balaban J connectivity index is 2.28. The van der Waals surface area contributed by atoms with Crippen LogP contribution in [0.2, 0.25) is 0 Å². The Bertz CT molecular complexity index is 287. The monoisotopic (exact) mass is 241 g/mol. The minimum atomic E-state index is -0.314. The molecule has 1 aliphatic carbocycles. The highest BCUT2D eigenvalue weighted by molar-refractivity contribution is 5.85. The minimum Gasteiger partial charge on any atom is -0.355 e.